The normalized spacial score (nSPS) is 9.10. The number of carboxylic acids is 1. The van der Waals surface area contributed by atoms with Gasteiger partial charge in [-0.2, -0.15) is 0 Å². The Morgan fingerprint density at radius 1 is 0.467 bits per heavy atom. The van der Waals surface area contributed by atoms with Crippen molar-refractivity contribution < 1.29 is 66.8 Å². The minimum Gasteiger partial charge on any atom is -0.508 e. The molecule has 0 aliphatic heterocycles. The molecule has 0 fully saturated rings. The molecule has 0 amide bonds. The van der Waals surface area contributed by atoms with Crippen molar-refractivity contribution in [1.82, 2.24) is 0 Å². The second-order valence-electron chi connectivity index (χ2n) is 10.5. The smallest absolute Gasteiger partial charge is 0.488 e. The van der Waals surface area contributed by atoms with Crippen molar-refractivity contribution in [3.63, 3.8) is 0 Å². The first-order valence-corrected chi connectivity index (χ1v) is 18.9. The van der Waals surface area contributed by atoms with Crippen LogP contribution in [-0.4, -0.2) is 59.5 Å². The molecule has 11 nitrogen and oxygen atoms in total. The minimum atomic E-state index is -1.34. The maximum absolute atomic E-state index is 11.2. The van der Waals surface area contributed by atoms with Crippen molar-refractivity contribution in [3.05, 3.63) is 180 Å². The maximum Gasteiger partial charge on any atom is 0.488 e. The summed E-state index contributed by atoms with van der Waals surface area (Å²) >= 11 is 0. The van der Waals surface area contributed by atoms with Gasteiger partial charge in [-0.05, 0) is 103 Å². The van der Waals surface area contributed by atoms with E-state index in [2.05, 4.69) is 9.47 Å². The molecule has 0 radical (unpaired) electrons. The van der Waals surface area contributed by atoms with Crippen molar-refractivity contribution in [1.29, 1.82) is 0 Å². The zero-order valence-corrected chi connectivity index (χ0v) is 34.8. The Morgan fingerprint density at radius 2 is 0.750 bits per heavy atom. The zero-order valence-electron chi connectivity index (χ0n) is 40.8. The summed E-state index contributed by atoms with van der Waals surface area (Å²) < 4.78 is 50.2. The molecule has 0 saturated heterocycles. The molecule has 6 aromatic carbocycles. The van der Waals surface area contributed by atoms with Gasteiger partial charge in [0.2, 0.25) is 0 Å². The molecule has 60 heavy (non-hydrogen) atoms. The van der Waals surface area contributed by atoms with Gasteiger partial charge in [-0.3, -0.25) is 0 Å². The highest BCUT2D eigenvalue weighted by atomic mass is 16.5. The number of hydrogen-bond acceptors (Lipinski definition) is 10. The largest absolute Gasteiger partial charge is 0.508 e. The number of carbonyl (C=O) groups is 3. The first kappa shape index (κ1) is 49.3. The molecule has 6 aromatic rings. The summed E-state index contributed by atoms with van der Waals surface area (Å²) in [6, 6.07) is 46.4. The summed E-state index contributed by atoms with van der Waals surface area (Å²) in [5, 5.41) is 34.7. The molecule has 0 aromatic heterocycles. The molecule has 0 bridgehead atoms. The number of phenolic OH excluding ortho intramolecular Hbond substituents is 1. The first-order valence-electron chi connectivity index (χ1n) is 21.9. The van der Waals surface area contributed by atoms with Gasteiger partial charge in [0.1, 0.15) is 28.7 Å². The SMILES string of the molecule is C.CC.CC.CC.COC(=O)c1ccc(O)cc1.COC(=O)c1ccc(Oc2ccccc2)cc1.O=C(O)c1ccc(Oc2ccccc2)cc1.OB(O)c1ccccc1.[2HH].[2HH].[2HH].[2H][2H].[2H][2H].[2H][2H]. The number of carbonyl (C=O) groups excluding carboxylic acids is 2. The van der Waals surface area contributed by atoms with Crippen LogP contribution in [0.3, 0.4) is 0 Å². The second-order valence-corrected chi connectivity index (χ2v) is 10.5. The molecule has 12 heteroatoms. The Balaban J connectivity index is -0.000000111. The molecular formula is C48H71BO11. The molecule has 4 N–H and O–H groups in total. The summed E-state index contributed by atoms with van der Waals surface area (Å²) in [7, 11) is 1.33. The fourth-order valence-electron chi connectivity index (χ4n) is 4.03. The number of esters is 2. The highest BCUT2D eigenvalue weighted by Gasteiger charge is 2.08. The number of aromatic hydroxyl groups is 1. The Bertz CT molecular complexity index is 1990. The van der Waals surface area contributed by atoms with Gasteiger partial charge in [0.05, 0.1) is 30.9 Å². The third kappa shape index (κ3) is 22.8. The minimum absolute atomic E-state index is 0. The van der Waals surface area contributed by atoms with Gasteiger partial charge in [-0.1, -0.05) is 116 Å². The van der Waals surface area contributed by atoms with Gasteiger partial charge < -0.3 is 39.2 Å². The molecule has 6 rings (SSSR count). The fourth-order valence-corrected chi connectivity index (χ4v) is 4.03. The van der Waals surface area contributed by atoms with Crippen molar-refractivity contribution in [3.8, 4) is 28.7 Å². The van der Waals surface area contributed by atoms with Gasteiger partial charge in [0, 0.05) is 13.2 Å². The number of ether oxygens (including phenoxy) is 4. The van der Waals surface area contributed by atoms with Crippen molar-refractivity contribution >= 4 is 30.5 Å². The van der Waals surface area contributed by atoms with Crippen LogP contribution in [0.1, 0.15) is 93.2 Å². The molecule has 0 heterocycles. The van der Waals surface area contributed by atoms with Crippen LogP contribution < -0.4 is 14.9 Å². The van der Waals surface area contributed by atoms with Crippen LogP contribution in [0, 0.1) is 0 Å². The van der Waals surface area contributed by atoms with E-state index in [4.69, 9.17) is 38.6 Å². The van der Waals surface area contributed by atoms with Gasteiger partial charge >= 0.3 is 25.0 Å². The highest BCUT2D eigenvalue weighted by Crippen LogP contribution is 2.22. The first-order chi connectivity index (χ1) is 31.6. The maximum atomic E-state index is 11.2. The lowest BCUT2D eigenvalue weighted by Gasteiger charge is -2.05. The molecule has 0 aliphatic carbocycles. The average molecular weight is 844 g/mol. The van der Waals surface area contributed by atoms with Gasteiger partial charge in [-0.15, -0.1) is 0 Å². The summed E-state index contributed by atoms with van der Waals surface area (Å²) in [6.07, 6.45) is 0. The third-order valence-electron chi connectivity index (χ3n) is 6.72. The van der Waals surface area contributed by atoms with Gasteiger partial charge in [0.15, 0.2) is 0 Å². The lowest BCUT2D eigenvalue weighted by atomic mass is 9.81. The Hall–Kier alpha value is -6.89. The van der Waals surface area contributed by atoms with Gasteiger partial charge in [0.25, 0.3) is 0 Å². The molecule has 0 spiro atoms. The zero-order chi connectivity index (χ0) is 50.4. The van der Waals surface area contributed by atoms with E-state index in [1.807, 2.05) is 108 Å². The lowest BCUT2D eigenvalue weighted by molar-refractivity contribution is 0.0592. The van der Waals surface area contributed by atoms with E-state index in [1.165, 1.54) is 50.6 Å². The summed E-state index contributed by atoms with van der Waals surface area (Å²) in [6.45, 7) is 12.0. The van der Waals surface area contributed by atoms with E-state index in [9.17, 15) is 14.4 Å². The summed E-state index contributed by atoms with van der Waals surface area (Å²) in [5.41, 5.74) is 1.72. The number of phenols is 1. The number of rotatable bonds is 8. The number of carboxylic acid groups (broad SMARTS) is 1. The van der Waals surface area contributed by atoms with E-state index in [0.717, 1.165) is 11.5 Å². The highest BCUT2D eigenvalue weighted by molar-refractivity contribution is 6.58. The quantitative estimate of drug-likeness (QED) is 0.0849. The number of aromatic carboxylic acids is 1. The number of benzene rings is 6. The van der Waals surface area contributed by atoms with E-state index >= 15 is 0 Å². The average Bonchev–Trinajstić information content (AvgIpc) is 3.39. The molecule has 0 atom stereocenters. The van der Waals surface area contributed by atoms with E-state index < -0.39 is 19.1 Å². The second kappa shape index (κ2) is 34.2. The Labute approximate surface area is 369 Å². The predicted molar refractivity (Wildman–Crippen MR) is 253 cm³/mol. The Kier molecular flexibility index (Phi) is 28.1. The van der Waals surface area contributed by atoms with Crippen molar-refractivity contribution in [2.24, 2.45) is 0 Å². The third-order valence-corrected chi connectivity index (χ3v) is 6.72. The van der Waals surface area contributed by atoms with E-state index in [1.54, 1.807) is 60.7 Å². The standard InChI is InChI=1S/C14H12O3.C13H10O3.C8H8O3.C6H7BO2.3C2H6.CH4.6H2/c1-16-14(15)11-7-9-13(10-8-11)17-12-5-3-2-4-6-12;14-13(15)10-6-8-12(9-7-10)16-11-4-2-1-3-5-11;1-11-8(10)6-2-4-7(9)5-3-6;8-7(9)6-4-2-1-3-5-6;3*1-2;;;;;;;/h2-10H,1H3;1-9H,(H,14,15);2-5,9H,1H3;1-5,8-9H;3*1-2H3;1H4;6*1H/i;;;;;;;;3*1+1D;3*1+1. The molecular weight excluding hydrogens is 763 g/mol. The molecule has 0 unspecified atom stereocenters. The van der Waals surface area contributed by atoms with Crippen LogP contribution in [0.2, 0.25) is 0 Å². The van der Waals surface area contributed by atoms with Crippen LogP contribution in [0.4, 0.5) is 0 Å². The molecule has 0 aliphatic rings. The Morgan fingerprint density at radius 3 is 1.03 bits per heavy atom. The van der Waals surface area contributed by atoms with E-state index in [0.29, 0.717) is 28.1 Å². The number of hydrogen-bond donors (Lipinski definition) is 4. The topological polar surface area (TPSA) is 169 Å². The van der Waals surface area contributed by atoms with E-state index in [-0.39, 0.29) is 29.0 Å². The van der Waals surface area contributed by atoms with Crippen LogP contribution >= 0.6 is 0 Å². The fraction of sp³-hybridized carbons (Fsp3) is 0.188. The monoisotopic (exact) mass is 844 g/mol. The predicted octanol–water partition coefficient (Wildman–Crippen LogP) is 12.2. The lowest BCUT2D eigenvalue weighted by Crippen LogP contribution is -2.29. The van der Waals surface area contributed by atoms with Crippen LogP contribution in [0.5, 0.6) is 28.7 Å². The van der Waals surface area contributed by atoms with Crippen LogP contribution in [0.25, 0.3) is 0 Å². The van der Waals surface area contributed by atoms with Crippen LogP contribution in [0.15, 0.2) is 164 Å². The van der Waals surface area contributed by atoms with Crippen LogP contribution in [-0.2, 0) is 9.47 Å². The molecule has 0 saturated carbocycles. The molecule has 332 valence electrons. The van der Waals surface area contributed by atoms with Crippen molar-refractivity contribution in [2.45, 2.75) is 49.0 Å². The number of para-hydroxylation sites is 2. The van der Waals surface area contributed by atoms with Crippen molar-refractivity contribution in [2.75, 3.05) is 14.2 Å². The summed E-state index contributed by atoms with van der Waals surface area (Å²) in [5.74, 6) is 1.24. The number of methoxy groups -OCH3 is 2. The summed E-state index contributed by atoms with van der Waals surface area (Å²) in [4.78, 5) is 32.7. The van der Waals surface area contributed by atoms with Gasteiger partial charge in [-0.25, -0.2) is 14.4 Å².